The van der Waals surface area contributed by atoms with Crippen molar-refractivity contribution in [2.24, 2.45) is 5.73 Å². The summed E-state index contributed by atoms with van der Waals surface area (Å²) in [4.78, 5) is 0. The van der Waals surface area contributed by atoms with Gasteiger partial charge in [-0.3, -0.25) is 10.1 Å². The van der Waals surface area contributed by atoms with Crippen LogP contribution in [0.3, 0.4) is 0 Å². The first kappa shape index (κ1) is 13.4. The van der Waals surface area contributed by atoms with Crippen LogP contribution in [0.1, 0.15) is 12.5 Å². The first-order valence-electron chi connectivity index (χ1n) is 4.77. The normalized spacial score (nSPS) is 11.2. The highest BCUT2D eigenvalue weighted by Gasteiger charge is 2.12. The third-order valence-electron chi connectivity index (χ3n) is 1.86. The SMILES string of the molecule is CCNS(=O)(=O)Nc1ccc(C(=N)N)cc1F. The molecule has 1 aromatic carbocycles. The first-order chi connectivity index (χ1) is 7.85. The van der Waals surface area contributed by atoms with E-state index in [4.69, 9.17) is 11.1 Å². The van der Waals surface area contributed by atoms with E-state index in [0.717, 1.165) is 6.07 Å². The smallest absolute Gasteiger partial charge is 0.299 e. The van der Waals surface area contributed by atoms with Crippen LogP contribution >= 0.6 is 0 Å². The summed E-state index contributed by atoms with van der Waals surface area (Å²) in [5, 5.41) is 7.11. The fourth-order valence-corrected chi connectivity index (χ4v) is 2.04. The predicted molar refractivity (Wildman–Crippen MR) is 63.6 cm³/mol. The van der Waals surface area contributed by atoms with Gasteiger partial charge in [0.05, 0.1) is 5.69 Å². The van der Waals surface area contributed by atoms with Crippen LogP contribution in [0.25, 0.3) is 0 Å². The summed E-state index contributed by atoms with van der Waals surface area (Å²) in [5.41, 5.74) is 5.16. The van der Waals surface area contributed by atoms with Gasteiger partial charge in [0.15, 0.2) is 0 Å². The fourth-order valence-electron chi connectivity index (χ4n) is 1.14. The van der Waals surface area contributed by atoms with Crippen molar-refractivity contribution in [1.82, 2.24) is 4.72 Å². The molecule has 0 saturated heterocycles. The Morgan fingerprint density at radius 2 is 2.18 bits per heavy atom. The molecule has 0 unspecified atom stereocenters. The molecule has 0 atom stereocenters. The summed E-state index contributed by atoms with van der Waals surface area (Å²) in [6.07, 6.45) is 0. The molecular formula is C9H13FN4O2S. The van der Waals surface area contributed by atoms with Crippen LogP contribution in [0.15, 0.2) is 18.2 Å². The van der Waals surface area contributed by atoms with Crippen molar-refractivity contribution in [3.8, 4) is 0 Å². The number of hydrogen-bond donors (Lipinski definition) is 4. The van der Waals surface area contributed by atoms with Crippen LogP contribution in [0.2, 0.25) is 0 Å². The molecule has 8 heteroatoms. The monoisotopic (exact) mass is 260 g/mol. The van der Waals surface area contributed by atoms with E-state index >= 15 is 0 Å². The van der Waals surface area contributed by atoms with Gasteiger partial charge in [0.2, 0.25) is 0 Å². The van der Waals surface area contributed by atoms with Gasteiger partial charge < -0.3 is 5.73 Å². The summed E-state index contributed by atoms with van der Waals surface area (Å²) in [6.45, 7) is 1.80. The molecule has 1 rings (SSSR count). The fraction of sp³-hybridized carbons (Fsp3) is 0.222. The van der Waals surface area contributed by atoms with E-state index in [1.54, 1.807) is 6.92 Å². The van der Waals surface area contributed by atoms with Gasteiger partial charge in [-0.05, 0) is 18.2 Å². The van der Waals surface area contributed by atoms with Gasteiger partial charge in [0.1, 0.15) is 11.7 Å². The summed E-state index contributed by atoms with van der Waals surface area (Å²) < 4.78 is 40.3. The van der Waals surface area contributed by atoms with E-state index in [0.29, 0.717) is 0 Å². The van der Waals surface area contributed by atoms with E-state index < -0.39 is 16.0 Å². The van der Waals surface area contributed by atoms with E-state index in [9.17, 15) is 12.8 Å². The molecule has 0 heterocycles. The van der Waals surface area contributed by atoms with Crippen molar-refractivity contribution in [2.75, 3.05) is 11.3 Å². The second-order valence-corrected chi connectivity index (χ2v) is 4.71. The molecule has 0 aliphatic carbocycles. The number of benzene rings is 1. The topological polar surface area (TPSA) is 108 Å². The van der Waals surface area contributed by atoms with Gasteiger partial charge in [-0.15, -0.1) is 0 Å². The lowest BCUT2D eigenvalue weighted by Gasteiger charge is -2.09. The number of nitrogens with two attached hydrogens (primary N) is 1. The zero-order valence-corrected chi connectivity index (χ0v) is 9.94. The molecule has 17 heavy (non-hydrogen) atoms. The van der Waals surface area contributed by atoms with Gasteiger partial charge >= 0.3 is 0 Å². The van der Waals surface area contributed by atoms with Gasteiger partial charge in [-0.25, -0.2) is 4.39 Å². The third-order valence-corrected chi connectivity index (χ3v) is 3.02. The number of halogens is 1. The summed E-state index contributed by atoms with van der Waals surface area (Å²) in [5.74, 6) is -1.08. The molecular weight excluding hydrogens is 247 g/mol. The first-order valence-corrected chi connectivity index (χ1v) is 6.25. The number of anilines is 1. The van der Waals surface area contributed by atoms with Gasteiger partial charge in [-0.2, -0.15) is 13.1 Å². The highest BCUT2D eigenvalue weighted by molar-refractivity contribution is 7.90. The molecule has 0 amide bonds. The predicted octanol–water partition coefficient (Wildman–Crippen LogP) is 0.376. The lowest BCUT2D eigenvalue weighted by molar-refractivity contribution is 0.587. The summed E-state index contributed by atoms with van der Waals surface area (Å²) in [7, 11) is -3.77. The van der Waals surface area contributed by atoms with Crippen LogP contribution < -0.4 is 15.2 Å². The second-order valence-electron chi connectivity index (χ2n) is 3.21. The Kier molecular flexibility index (Phi) is 4.02. The summed E-state index contributed by atoms with van der Waals surface area (Å²) in [6, 6.07) is 3.56. The molecule has 94 valence electrons. The van der Waals surface area contributed by atoms with Crippen molar-refractivity contribution in [3.05, 3.63) is 29.6 Å². The van der Waals surface area contributed by atoms with Crippen LogP contribution in [-0.2, 0) is 10.2 Å². The van der Waals surface area contributed by atoms with E-state index in [1.165, 1.54) is 12.1 Å². The maximum atomic E-state index is 13.5. The third kappa shape index (κ3) is 3.68. The van der Waals surface area contributed by atoms with E-state index in [1.807, 2.05) is 4.72 Å². The zero-order chi connectivity index (χ0) is 13.1. The van der Waals surface area contributed by atoms with Gasteiger partial charge in [0, 0.05) is 12.1 Å². The maximum absolute atomic E-state index is 13.5. The van der Waals surface area contributed by atoms with Crippen LogP contribution in [0.4, 0.5) is 10.1 Å². The average Bonchev–Trinajstić information content (AvgIpc) is 2.20. The minimum Gasteiger partial charge on any atom is -0.384 e. The standard InChI is InChI=1S/C9H13FN4O2S/c1-2-13-17(15,16)14-8-4-3-6(9(11)12)5-7(8)10/h3-5,13-14H,2H2,1H3,(H3,11,12). The largest absolute Gasteiger partial charge is 0.384 e. The lowest BCUT2D eigenvalue weighted by Crippen LogP contribution is -2.30. The van der Waals surface area contributed by atoms with Crippen molar-refractivity contribution in [1.29, 1.82) is 5.41 Å². The Morgan fingerprint density at radius 1 is 1.53 bits per heavy atom. The lowest BCUT2D eigenvalue weighted by atomic mass is 10.2. The van der Waals surface area contributed by atoms with Crippen LogP contribution in [0, 0.1) is 11.2 Å². The highest BCUT2D eigenvalue weighted by Crippen LogP contribution is 2.16. The van der Waals surface area contributed by atoms with Gasteiger partial charge in [-0.1, -0.05) is 6.92 Å². The quantitative estimate of drug-likeness (QED) is 0.454. The Balaban J connectivity index is 2.98. The molecule has 0 radical (unpaired) electrons. The molecule has 0 bridgehead atoms. The summed E-state index contributed by atoms with van der Waals surface area (Å²) >= 11 is 0. The molecule has 0 aliphatic rings. The molecule has 6 nitrogen and oxygen atoms in total. The van der Waals surface area contributed by atoms with Crippen LogP contribution in [-0.4, -0.2) is 20.8 Å². The molecule has 5 N–H and O–H groups in total. The number of rotatable bonds is 5. The molecule has 0 spiro atoms. The molecule has 0 saturated carbocycles. The number of hydrogen-bond acceptors (Lipinski definition) is 3. The second kappa shape index (κ2) is 5.11. The number of nitrogens with one attached hydrogen (secondary N) is 3. The van der Waals surface area contributed by atoms with Crippen molar-refractivity contribution in [2.45, 2.75) is 6.92 Å². The minimum absolute atomic E-state index is 0.189. The Labute approximate surface area is 98.7 Å². The highest BCUT2D eigenvalue weighted by atomic mass is 32.2. The Hall–Kier alpha value is -1.67. The van der Waals surface area contributed by atoms with E-state index in [2.05, 4.69) is 4.72 Å². The number of nitrogen functional groups attached to an aromatic ring is 1. The Bertz CT molecular complexity index is 530. The number of amidine groups is 1. The molecule has 0 fully saturated rings. The van der Waals surface area contributed by atoms with Crippen molar-refractivity contribution in [3.63, 3.8) is 0 Å². The molecule has 1 aromatic rings. The molecule has 0 aromatic heterocycles. The Morgan fingerprint density at radius 3 is 2.65 bits per heavy atom. The van der Waals surface area contributed by atoms with Crippen LogP contribution in [0.5, 0.6) is 0 Å². The van der Waals surface area contributed by atoms with E-state index in [-0.39, 0.29) is 23.6 Å². The van der Waals surface area contributed by atoms with Gasteiger partial charge in [0.25, 0.3) is 10.2 Å². The minimum atomic E-state index is -3.77. The molecule has 0 aliphatic heterocycles. The maximum Gasteiger partial charge on any atom is 0.299 e. The average molecular weight is 260 g/mol. The zero-order valence-electron chi connectivity index (χ0n) is 9.12. The van der Waals surface area contributed by atoms with Crippen molar-refractivity contribution < 1.29 is 12.8 Å². The van der Waals surface area contributed by atoms with Crippen molar-refractivity contribution >= 4 is 21.7 Å².